The molecule has 2 aliphatic rings. The van der Waals surface area contributed by atoms with Crippen LogP contribution < -0.4 is 5.32 Å². The minimum absolute atomic E-state index is 0.0637. The Balaban J connectivity index is 1.11. The average molecular weight is 546 g/mol. The number of hydrogen-bond donors (Lipinski definition) is 1. The molecule has 2 aromatic carbocycles. The summed E-state index contributed by atoms with van der Waals surface area (Å²) in [5, 5.41) is 7.62. The smallest absolute Gasteiger partial charge is 0.243 e. The molecule has 0 spiro atoms. The molecule has 2 fully saturated rings. The first-order chi connectivity index (χ1) is 17.9. The summed E-state index contributed by atoms with van der Waals surface area (Å²) in [6.45, 7) is 3.46. The standard InChI is InChI=1S/C25H28ClN5O5S/c26-20-3-1-18(2-4-20)24-28-23(36-29-24)17-30-11-9-19(10-12-30)25(32)27-21-5-7-22(8-6-21)37(33,34)31-13-15-35-16-14-31/h1-8,19H,9-17H2,(H,27,32). The second kappa shape index (κ2) is 11.3. The molecule has 0 atom stereocenters. The van der Waals surface area contributed by atoms with Gasteiger partial charge >= 0.3 is 0 Å². The van der Waals surface area contributed by atoms with Crippen molar-refractivity contribution in [1.82, 2.24) is 19.3 Å². The van der Waals surface area contributed by atoms with Gasteiger partial charge < -0.3 is 14.6 Å². The number of carbonyl (C=O) groups is 1. The van der Waals surface area contributed by atoms with E-state index in [1.807, 2.05) is 12.1 Å². The third kappa shape index (κ3) is 6.19. The van der Waals surface area contributed by atoms with Crippen LogP contribution in [0.3, 0.4) is 0 Å². The average Bonchev–Trinajstić information content (AvgIpc) is 3.39. The Morgan fingerprint density at radius 1 is 1.00 bits per heavy atom. The molecule has 12 heteroatoms. The largest absolute Gasteiger partial charge is 0.379 e. The summed E-state index contributed by atoms with van der Waals surface area (Å²) in [6.07, 6.45) is 1.40. The molecule has 10 nitrogen and oxygen atoms in total. The molecule has 2 aliphatic heterocycles. The Morgan fingerprint density at radius 2 is 1.68 bits per heavy atom. The first-order valence-corrected chi connectivity index (χ1v) is 14.0. The maximum absolute atomic E-state index is 12.8. The molecule has 0 radical (unpaired) electrons. The highest BCUT2D eigenvalue weighted by atomic mass is 35.5. The fraction of sp³-hybridized carbons (Fsp3) is 0.400. The lowest BCUT2D eigenvalue weighted by molar-refractivity contribution is -0.121. The fourth-order valence-electron chi connectivity index (χ4n) is 4.47. The molecule has 3 aromatic rings. The van der Waals surface area contributed by atoms with Gasteiger partial charge in [0, 0.05) is 35.3 Å². The van der Waals surface area contributed by atoms with E-state index < -0.39 is 10.0 Å². The summed E-state index contributed by atoms with van der Waals surface area (Å²) in [7, 11) is -3.56. The predicted molar refractivity (Wildman–Crippen MR) is 137 cm³/mol. The van der Waals surface area contributed by atoms with E-state index in [4.69, 9.17) is 20.9 Å². The van der Waals surface area contributed by atoms with Crippen LogP contribution in [0.5, 0.6) is 0 Å². The van der Waals surface area contributed by atoms with Gasteiger partial charge in [-0.15, -0.1) is 0 Å². The zero-order valence-electron chi connectivity index (χ0n) is 20.2. The maximum atomic E-state index is 12.8. The topological polar surface area (TPSA) is 118 Å². The van der Waals surface area contributed by atoms with E-state index in [1.54, 1.807) is 24.3 Å². The molecule has 0 bridgehead atoms. The Hall–Kier alpha value is -2.83. The third-order valence-electron chi connectivity index (χ3n) is 6.62. The maximum Gasteiger partial charge on any atom is 0.243 e. The van der Waals surface area contributed by atoms with Gasteiger partial charge in [0.25, 0.3) is 0 Å². The van der Waals surface area contributed by atoms with E-state index in [9.17, 15) is 13.2 Å². The fourth-order valence-corrected chi connectivity index (χ4v) is 6.00. The van der Waals surface area contributed by atoms with Crippen LogP contribution in [0.1, 0.15) is 18.7 Å². The Bertz CT molecular complexity index is 1320. The molecule has 196 valence electrons. The normalized spacial score (nSPS) is 18.1. The second-order valence-electron chi connectivity index (χ2n) is 9.10. The monoisotopic (exact) mass is 545 g/mol. The molecule has 0 aliphatic carbocycles. The second-order valence-corrected chi connectivity index (χ2v) is 11.5. The van der Waals surface area contributed by atoms with Gasteiger partial charge in [-0.05, 0) is 74.5 Å². The van der Waals surface area contributed by atoms with E-state index in [-0.39, 0.29) is 16.7 Å². The molecule has 1 N–H and O–H groups in total. The minimum Gasteiger partial charge on any atom is -0.379 e. The molecule has 3 heterocycles. The van der Waals surface area contributed by atoms with Crippen LogP contribution in [-0.4, -0.2) is 73.1 Å². The zero-order chi connectivity index (χ0) is 25.8. The summed E-state index contributed by atoms with van der Waals surface area (Å²) in [6, 6.07) is 13.6. The number of ether oxygens (including phenoxy) is 1. The summed E-state index contributed by atoms with van der Waals surface area (Å²) in [4.78, 5) is 19.7. The highest BCUT2D eigenvalue weighted by Gasteiger charge is 2.28. The molecule has 5 rings (SSSR count). The van der Waals surface area contributed by atoms with E-state index in [2.05, 4.69) is 20.4 Å². The summed E-state index contributed by atoms with van der Waals surface area (Å²) < 4.78 is 37.6. The number of morpholine rings is 1. The first-order valence-electron chi connectivity index (χ1n) is 12.2. The SMILES string of the molecule is O=C(Nc1ccc(S(=O)(=O)N2CCOCC2)cc1)C1CCN(Cc2nc(-c3ccc(Cl)cc3)no2)CC1. The van der Waals surface area contributed by atoms with Gasteiger partial charge in [-0.25, -0.2) is 8.42 Å². The van der Waals surface area contributed by atoms with Crippen LogP contribution in [0.4, 0.5) is 5.69 Å². The number of sulfonamides is 1. The van der Waals surface area contributed by atoms with Crippen molar-refractivity contribution in [2.75, 3.05) is 44.7 Å². The number of piperidine rings is 1. The number of hydrogen-bond acceptors (Lipinski definition) is 8. The van der Waals surface area contributed by atoms with Crippen LogP contribution in [0.25, 0.3) is 11.4 Å². The number of benzene rings is 2. The number of carbonyl (C=O) groups excluding carboxylic acids is 1. The Morgan fingerprint density at radius 3 is 2.35 bits per heavy atom. The van der Waals surface area contributed by atoms with Crippen molar-refractivity contribution < 1.29 is 22.5 Å². The number of anilines is 1. The van der Waals surface area contributed by atoms with Gasteiger partial charge in [-0.1, -0.05) is 16.8 Å². The van der Waals surface area contributed by atoms with Gasteiger partial charge in [0.1, 0.15) is 0 Å². The minimum atomic E-state index is -3.56. The van der Waals surface area contributed by atoms with E-state index in [0.717, 1.165) is 18.7 Å². The molecule has 0 saturated carbocycles. The third-order valence-corrected chi connectivity index (χ3v) is 8.78. The predicted octanol–water partition coefficient (Wildman–Crippen LogP) is 3.26. The van der Waals surface area contributed by atoms with Crippen molar-refractivity contribution in [1.29, 1.82) is 0 Å². The molecule has 1 amide bonds. The Labute approximate surface area is 220 Å². The summed E-state index contributed by atoms with van der Waals surface area (Å²) in [5.41, 5.74) is 1.41. The quantitative estimate of drug-likeness (QED) is 0.480. The molecular weight excluding hydrogens is 518 g/mol. The van der Waals surface area contributed by atoms with Gasteiger partial charge in [-0.3, -0.25) is 9.69 Å². The van der Waals surface area contributed by atoms with Gasteiger partial charge in [-0.2, -0.15) is 9.29 Å². The van der Waals surface area contributed by atoms with E-state index in [1.165, 1.54) is 16.4 Å². The number of halogens is 1. The van der Waals surface area contributed by atoms with Crippen molar-refractivity contribution in [3.63, 3.8) is 0 Å². The molecule has 37 heavy (non-hydrogen) atoms. The first kappa shape index (κ1) is 25.8. The van der Waals surface area contributed by atoms with Gasteiger partial charge in [0.2, 0.25) is 27.6 Å². The number of rotatable bonds is 7. The highest BCUT2D eigenvalue weighted by Crippen LogP contribution is 2.24. The van der Waals surface area contributed by atoms with Crippen LogP contribution in [0.2, 0.25) is 5.02 Å². The van der Waals surface area contributed by atoms with Gasteiger partial charge in [0.05, 0.1) is 24.7 Å². The molecule has 2 saturated heterocycles. The number of nitrogens with one attached hydrogen (secondary N) is 1. The zero-order valence-corrected chi connectivity index (χ0v) is 21.7. The number of nitrogens with zero attached hydrogens (tertiary/aromatic N) is 4. The number of amides is 1. The number of aromatic nitrogens is 2. The number of likely N-dealkylation sites (tertiary alicyclic amines) is 1. The molecular formula is C25H28ClN5O5S. The van der Waals surface area contributed by atoms with Crippen LogP contribution in [0, 0.1) is 5.92 Å². The van der Waals surface area contributed by atoms with E-state index in [0.29, 0.717) is 68.1 Å². The van der Waals surface area contributed by atoms with Gasteiger partial charge in [0.15, 0.2) is 0 Å². The van der Waals surface area contributed by atoms with Crippen molar-refractivity contribution in [3.05, 3.63) is 59.4 Å². The Kier molecular flexibility index (Phi) is 7.87. The summed E-state index contributed by atoms with van der Waals surface area (Å²) in [5.74, 6) is 0.858. The summed E-state index contributed by atoms with van der Waals surface area (Å²) >= 11 is 5.94. The van der Waals surface area contributed by atoms with Crippen LogP contribution in [0.15, 0.2) is 57.9 Å². The lowest BCUT2D eigenvalue weighted by Gasteiger charge is -2.30. The van der Waals surface area contributed by atoms with Crippen molar-refractivity contribution in [3.8, 4) is 11.4 Å². The highest BCUT2D eigenvalue weighted by molar-refractivity contribution is 7.89. The lowest BCUT2D eigenvalue weighted by Crippen LogP contribution is -2.40. The van der Waals surface area contributed by atoms with Crippen molar-refractivity contribution in [2.24, 2.45) is 5.92 Å². The van der Waals surface area contributed by atoms with Crippen LogP contribution in [-0.2, 0) is 26.1 Å². The van der Waals surface area contributed by atoms with Crippen molar-refractivity contribution in [2.45, 2.75) is 24.3 Å². The lowest BCUT2D eigenvalue weighted by atomic mass is 9.96. The van der Waals surface area contributed by atoms with Crippen molar-refractivity contribution >= 4 is 33.2 Å². The van der Waals surface area contributed by atoms with E-state index >= 15 is 0 Å². The van der Waals surface area contributed by atoms with Crippen LogP contribution >= 0.6 is 11.6 Å². The molecule has 1 aromatic heterocycles. The molecule has 0 unspecified atom stereocenters.